The van der Waals surface area contributed by atoms with Gasteiger partial charge in [-0.05, 0) is 76.3 Å². The quantitative estimate of drug-likeness (QED) is 0.790. The fraction of sp³-hybridized carbons (Fsp3) is 0.636. The Morgan fingerprint density at radius 1 is 1.11 bits per heavy atom. The highest BCUT2D eigenvalue weighted by Crippen LogP contribution is 2.30. The van der Waals surface area contributed by atoms with E-state index in [0.717, 1.165) is 62.7 Å². The molecule has 146 valence electrons. The Bertz CT molecular complexity index is 736. The van der Waals surface area contributed by atoms with E-state index in [4.69, 9.17) is 4.74 Å². The molecule has 2 aliphatic rings. The summed E-state index contributed by atoms with van der Waals surface area (Å²) in [7, 11) is 0. The molecule has 0 radical (unpaired) electrons. The first-order chi connectivity index (χ1) is 13.3. The molecule has 1 N–H and O–H groups in total. The minimum absolute atomic E-state index is 0.538. The van der Waals surface area contributed by atoms with Crippen LogP contribution in [0.15, 0.2) is 24.5 Å². The predicted molar refractivity (Wildman–Crippen MR) is 109 cm³/mol. The first-order valence-electron chi connectivity index (χ1n) is 10.6. The summed E-state index contributed by atoms with van der Waals surface area (Å²) >= 11 is 0. The number of rotatable bonds is 6. The predicted octanol–water partition coefficient (Wildman–Crippen LogP) is 3.60. The molecule has 0 spiro atoms. The third-order valence-corrected chi connectivity index (χ3v) is 6.13. The maximum Gasteiger partial charge on any atom is 0.121 e. The molecular weight excluding hydrogens is 336 g/mol. The van der Waals surface area contributed by atoms with Crippen LogP contribution in [-0.4, -0.2) is 54.2 Å². The van der Waals surface area contributed by atoms with Crippen molar-refractivity contribution < 1.29 is 4.74 Å². The summed E-state index contributed by atoms with van der Waals surface area (Å²) in [4.78, 5) is 11.7. The fourth-order valence-electron chi connectivity index (χ4n) is 4.33. The maximum absolute atomic E-state index is 6.01. The van der Waals surface area contributed by atoms with Gasteiger partial charge in [0, 0.05) is 23.9 Å². The SMILES string of the molecule is CC1CCN(CCCOc2ccc3c(C4CCNCC4)ncnc3c2)CC1. The summed E-state index contributed by atoms with van der Waals surface area (Å²) in [5.74, 6) is 2.35. The molecule has 1 aromatic heterocycles. The fourth-order valence-corrected chi connectivity index (χ4v) is 4.33. The van der Waals surface area contributed by atoms with Crippen molar-refractivity contribution in [2.45, 2.75) is 44.9 Å². The topological polar surface area (TPSA) is 50.3 Å². The lowest BCUT2D eigenvalue weighted by Gasteiger charge is -2.30. The molecule has 2 fully saturated rings. The van der Waals surface area contributed by atoms with Crippen molar-refractivity contribution in [3.8, 4) is 5.75 Å². The molecule has 2 aromatic rings. The Morgan fingerprint density at radius 3 is 2.74 bits per heavy atom. The van der Waals surface area contributed by atoms with E-state index in [1.165, 1.54) is 37.0 Å². The molecular formula is C22H32N4O. The molecule has 3 heterocycles. The van der Waals surface area contributed by atoms with E-state index in [0.29, 0.717) is 5.92 Å². The Morgan fingerprint density at radius 2 is 1.93 bits per heavy atom. The zero-order valence-electron chi connectivity index (χ0n) is 16.5. The van der Waals surface area contributed by atoms with E-state index in [2.05, 4.69) is 45.3 Å². The molecule has 5 heteroatoms. The Kier molecular flexibility index (Phi) is 6.20. The summed E-state index contributed by atoms with van der Waals surface area (Å²) in [6.07, 6.45) is 7.77. The van der Waals surface area contributed by atoms with Crippen LogP contribution in [0.25, 0.3) is 10.9 Å². The Labute approximate surface area is 162 Å². The monoisotopic (exact) mass is 368 g/mol. The highest BCUT2D eigenvalue weighted by Gasteiger charge is 2.19. The highest BCUT2D eigenvalue weighted by molar-refractivity contribution is 5.82. The minimum atomic E-state index is 0.538. The average molecular weight is 369 g/mol. The van der Waals surface area contributed by atoms with Gasteiger partial charge in [0.2, 0.25) is 0 Å². The zero-order valence-corrected chi connectivity index (χ0v) is 16.5. The number of aromatic nitrogens is 2. The Hall–Kier alpha value is -1.72. The van der Waals surface area contributed by atoms with Crippen molar-refractivity contribution in [2.24, 2.45) is 5.92 Å². The number of nitrogens with one attached hydrogen (secondary N) is 1. The van der Waals surface area contributed by atoms with Gasteiger partial charge in [0.05, 0.1) is 17.8 Å². The molecule has 0 atom stereocenters. The van der Waals surface area contributed by atoms with Crippen LogP contribution in [0.5, 0.6) is 5.75 Å². The molecule has 0 amide bonds. The van der Waals surface area contributed by atoms with Crippen LogP contribution >= 0.6 is 0 Å². The van der Waals surface area contributed by atoms with Gasteiger partial charge in [0.25, 0.3) is 0 Å². The van der Waals surface area contributed by atoms with Gasteiger partial charge in [-0.3, -0.25) is 0 Å². The van der Waals surface area contributed by atoms with E-state index < -0.39 is 0 Å². The van der Waals surface area contributed by atoms with Crippen molar-refractivity contribution in [3.05, 3.63) is 30.2 Å². The normalized spacial score (nSPS) is 20.2. The second kappa shape index (κ2) is 8.98. The molecule has 2 saturated heterocycles. The molecule has 0 bridgehead atoms. The van der Waals surface area contributed by atoms with Gasteiger partial charge in [-0.2, -0.15) is 0 Å². The number of hydrogen-bond donors (Lipinski definition) is 1. The lowest BCUT2D eigenvalue weighted by atomic mass is 9.92. The smallest absolute Gasteiger partial charge is 0.121 e. The molecule has 27 heavy (non-hydrogen) atoms. The van der Waals surface area contributed by atoms with Crippen LogP contribution in [-0.2, 0) is 0 Å². The van der Waals surface area contributed by atoms with Crippen LogP contribution in [0, 0.1) is 5.92 Å². The third kappa shape index (κ3) is 4.77. The summed E-state index contributed by atoms with van der Waals surface area (Å²) in [6.45, 7) is 8.91. The van der Waals surface area contributed by atoms with Gasteiger partial charge in [-0.15, -0.1) is 0 Å². The number of hydrogen-bond acceptors (Lipinski definition) is 5. The van der Waals surface area contributed by atoms with Gasteiger partial charge in [-0.1, -0.05) is 6.92 Å². The van der Waals surface area contributed by atoms with Crippen molar-refractivity contribution in [1.29, 1.82) is 0 Å². The minimum Gasteiger partial charge on any atom is -0.493 e. The molecule has 4 rings (SSSR count). The molecule has 1 aromatic carbocycles. The van der Waals surface area contributed by atoms with Crippen LogP contribution in [0.3, 0.4) is 0 Å². The summed E-state index contributed by atoms with van der Waals surface area (Å²) in [5, 5.41) is 4.61. The number of nitrogens with zero attached hydrogens (tertiary/aromatic N) is 3. The van der Waals surface area contributed by atoms with E-state index in [9.17, 15) is 0 Å². The summed E-state index contributed by atoms with van der Waals surface area (Å²) in [6, 6.07) is 6.30. The molecule has 0 aliphatic carbocycles. The van der Waals surface area contributed by atoms with Gasteiger partial charge < -0.3 is 15.0 Å². The van der Waals surface area contributed by atoms with Crippen LogP contribution in [0.1, 0.15) is 50.6 Å². The van der Waals surface area contributed by atoms with Crippen LogP contribution in [0.2, 0.25) is 0 Å². The second-order valence-corrected chi connectivity index (χ2v) is 8.19. The maximum atomic E-state index is 6.01. The van der Waals surface area contributed by atoms with Crippen LogP contribution in [0.4, 0.5) is 0 Å². The highest BCUT2D eigenvalue weighted by atomic mass is 16.5. The Balaban J connectivity index is 1.33. The van der Waals surface area contributed by atoms with Crippen LogP contribution < -0.4 is 10.1 Å². The number of benzene rings is 1. The number of fused-ring (bicyclic) bond motifs is 1. The molecule has 2 aliphatic heterocycles. The summed E-state index contributed by atoms with van der Waals surface area (Å²) in [5.41, 5.74) is 2.20. The van der Waals surface area contributed by atoms with Gasteiger partial charge >= 0.3 is 0 Å². The van der Waals surface area contributed by atoms with E-state index in [-0.39, 0.29) is 0 Å². The van der Waals surface area contributed by atoms with E-state index >= 15 is 0 Å². The largest absolute Gasteiger partial charge is 0.493 e. The number of likely N-dealkylation sites (tertiary alicyclic amines) is 1. The van der Waals surface area contributed by atoms with Gasteiger partial charge in [-0.25, -0.2) is 9.97 Å². The molecule has 0 saturated carbocycles. The van der Waals surface area contributed by atoms with Gasteiger partial charge in [0.15, 0.2) is 0 Å². The number of piperidine rings is 2. The molecule has 0 unspecified atom stereocenters. The zero-order chi connectivity index (χ0) is 18.5. The van der Waals surface area contributed by atoms with E-state index in [1.54, 1.807) is 6.33 Å². The molecule has 5 nitrogen and oxygen atoms in total. The standard InChI is InChI=1S/C22H32N4O/c1-17-7-12-26(13-8-17)11-2-14-27-19-3-4-20-21(15-19)24-16-25-22(20)18-5-9-23-10-6-18/h3-4,15-18,23H,2,5-14H2,1H3. The lowest BCUT2D eigenvalue weighted by molar-refractivity contribution is 0.177. The third-order valence-electron chi connectivity index (χ3n) is 6.13. The number of ether oxygens (including phenoxy) is 1. The van der Waals surface area contributed by atoms with Gasteiger partial charge in [0.1, 0.15) is 12.1 Å². The first kappa shape index (κ1) is 18.6. The van der Waals surface area contributed by atoms with E-state index in [1.807, 2.05) is 0 Å². The average Bonchev–Trinajstić information content (AvgIpc) is 2.72. The van der Waals surface area contributed by atoms with Crippen molar-refractivity contribution in [1.82, 2.24) is 20.2 Å². The van der Waals surface area contributed by atoms with Crippen molar-refractivity contribution in [2.75, 3.05) is 39.3 Å². The van der Waals surface area contributed by atoms with Crippen molar-refractivity contribution in [3.63, 3.8) is 0 Å². The lowest BCUT2D eigenvalue weighted by Crippen LogP contribution is -2.34. The first-order valence-corrected chi connectivity index (χ1v) is 10.6. The van der Waals surface area contributed by atoms with Crippen molar-refractivity contribution >= 4 is 10.9 Å². The second-order valence-electron chi connectivity index (χ2n) is 8.19. The summed E-state index contributed by atoms with van der Waals surface area (Å²) < 4.78 is 6.01.